The van der Waals surface area contributed by atoms with E-state index in [1.54, 1.807) is 36.1 Å². The van der Waals surface area contributed by atoms with Crippen LogP contribution in [-0.4, -0.2) is 26.7 Å². The van der Waals surface area contributed by atoms with Gasteiger partial charge in [-0.25, -0.2) is 0 Å². The molecule has 102 valence electrons. The second-order valence-electron chi connectivity index (χ2n) is 4.04. The molecule has 0 spiro atoms. The van der Waals surface area contributed by atoms with Crippen molar-refractivity contribution in [1.29, 1.82) is 0 Å². The molecular formula is C13H17N3O3. The normalized spacial score (nSPS) is 10.5. The number of rotatable bonds is 6. The summed E-state index contributed by atoms with van der Waals surface area (Å²) in [7, 11) is 1.80. The molecule has 6 nitrogen and oxygen atoms in total. The summed E-state index contributed by atoms with van der Waals surface area (Å²) in [5, 5.41) is 16.9. The lowest BCUT2D eigenvalue weighted by Gasteiger charge is -2.12. The molecule has 19 heavy (non-hydrogen) atoms. The molecular weight excluding hydrogens is 246 g/mol. The lowest BCUT2D eigenvalue weighted by atomic mass is 10.2. The fourth-order valence-corrected chi connectivity index (χ4v) is 1.65. The van der Waals surface area contributed by atoms with Crippen molar-refractivity contribution in [3.63, 3.8) is 0 Å². The highest BCUT2D eigenvalue weighted by molar-refractivity contribution is 5.42. The second-order valence-corrected chi connectivity index (χ2v) is 4.04. The summed E-state index contributed by atoms with van der Waals surface area (Å²) in [5.74, 6) is 1.25. The minimum absolute atomic E-state index is 0.0233. The van der Waals surface area contributed by atoms with E-state index >= 15 is 0 Å². The third kappa shape index (κ3) is 3.45. The van der Waals surface area contributed by atoms with Crippen molar-refractivity contribution in [3.8, 4) is 11.5 Å². The standard InChI is InChI=1S/C13H17N3O3/c1-3-18-13-6-10(8-17)4-5-12(13)19-9-11-7-16(2)15-14-11/h4-7,17H,3,8-9H2,1-2H3. The van der Waals surface area contributed by atoms with Crippen molar-refractivity contribution >= 4 is 0 Å². The lowest BCUT2D eigenvalue weighted by molar-refractivity contribution is 0.261. The van der Waals surface area contributed by atoms with Gasteiger partial charge in [-0.1, -0.05) is 11.3 Å². The van der Waals surface area contributed by atoms with Gasteiger partial charge in [0.25, 0.3) is 0 Å². The molecule has 1 aromatic heterocycles. The molecule has 1 heterocycles. The predicted octanol–water partition coefficient (Wildman–Crippen LogP) is 1.29. The Bertz CT molecular complexity index is 540. The van der Waals surface area contributed by atoms with Crippen LogP contribution in [-0.2, 0) is 20.3 Å². The number of aryl methyl sites for hydroxylation is 1. The molecule has 0 unspecified atom stereocenters. The van der Waals surface area contributed by atoms with Gasteiger partial charge in [0.15, 0.2) is 11.5 Å². The Morgan fingerprint density at radius 3 is 2.74 bits per heavy atom. The quantitative estimate of drug-likeness (QED) is 0.850. The van der Waals surface area contributed by atoms with Gasteiger partial charge >= 0.3 is 0 Å². The molecule has 1 aromatic carbocycles. The monoisotopic (exact) mass is 263 g/mol. The highest BCUT2D eigenvalue weighted by Crippen LogP contribution is 2.29. The largest absolute Gasteiger partial charge is 0.490 e. The fraction of sp³-hybridized carbons (Fsp3) is 0.385. The molecule has 0 amide bonds. The van der Waals surface area contributed by atoms with Crippen molar-refractivity contribution in [2.75, 3.05) is 6.61 Å². The smallest absolute Gasteiger partial charge is 0.161 e. The maximum atomic E-state index is 9.11. The number of aliphatic hydroxyl groups is 1. The van der Waals surface area contributed by atoms with Crippen LogP contribution in [0.4, 0.5) is 0 Å². The van der Waals surface area contributed by atoms with Gasteiger partial charge in [-0.3, -0.25) is 4.68 Å². The van der Waals surface area contributed by atoms with E-state index in [1.165, 1.54) is 0 Å². The average molecular weight is 263 g/mol. The summed E-state index contributed by atoms with van der Waals surface area (Å²) >= 11 is 0. The molecule has 2 rings (SSSR count). The molecule has 0 atom stereocenters. The van der Waals surface area contributed by atoms with E-state index < -0.39 is 0 Å². The zero-order chi connectivity index (χ0) is 13.7. The number of hydrogen-bond donors (Lipinski definition) is 1. The molecule has 6 heteroatoms. The van der Waals surface area contributed by atoms with Gasteiger partial charge in [-0.15, -0.1) is 5.10 Å². The molecule has 1 N–H and O–H groups in total. The third-order valence-electron chi connectivity index (χ3n) is 2.52. The maximum Gasteiger partial charge on any atom is 0.161 e. The first kappa shape index (κ1) is 13.4. The van der Waals surface area contributed by atoms with Crippen LogP contribution < -0.4 is 9.47 Å². The summed E-state index contributed by atoms with van der Waals surface area (Å²) in [6.45, 7) is 2.74. The van der Waals surface area contributed by atoms with Gasteiger partial charge < -0.3 is 14.6 Å². The van der Waals surface area contributed by atoms with Crippen molar-refractivity contribution < 1.29 is 14.6 Å². The first-order valence-electron chi connectivity index (χ1n) is 6.07. The fourth-order valence-electron chi connectivity index (χ4n) is 1.65. The number of hydrogen-bond acceptors (Lipinski definition) is 5. The second kappa shape index (κ2) is 6.19. The topological polar surface area (TPSA) is 69.4 Å². The molecule has 0 radical (unpaired) electrons. The Hall–Kier alpha value is -2.08. The molecule has 0 saturated carbocycles. The van der Waals surface area contributed by atoms with Crippen LogP contribution in [0.2, 0.25) is 0 Å². The summed E-state index contributed by atoms with van der Waals surface area (Å²) in [6, 6.07) is 5.36. The van der Waals surface area contributed by atoms with Gasteiger partial charge in [0.1, 0.15) is 12.3 Å². The molecule has 0 aliphatic rings. The number of benzene rings is 1. The van der Waals surface area contributed by atoms with Crippen LogP contribution >= 0.6 is 0 Å². The Balaban J connectivity index is 2.10. The average Bonchev–Trinajstić information content (AvgIpc) is 2.83. The molecule has 0 fully saturated rings. The molecule has 0 aliphatic heterocycles. The zero-order valence-corrected chi connectivity index (χ0v) is 11.0. The molecule has 0 bridgehead atoms. The zero-order valence-electron chi connectivity index (χ0n) is 11.0. The maximum absolute atomic E-state index is 9.11. The van der Waals surface area contributed by atoms with Crippen LogP contribution in [0.3, 0.4) is 0 Å². The molecule has 2 aromatic rings. The predicted molar refractivity (Wildman–Crippen MR) is 68.9 cm³/mol. The molecule has 0 saturated heterocycles. The minimum Gasteiger partial charge on any atom is -0.490 e. The highest BCUT2D eigenvalue weighted by atomic mass is 16.5. The van der Waals surface area contributed by atoms with Gasteiger partial charge in [-0.2, -0.15) is 0 Å². The summed E-state index contributed by atoms with van der Waals surface area (Å²) in [6.07, 6.45) is 1.79. The first-order chi connectivity index (χ1) is 9.22. The van der Waals surface area contributed by atoms with Gasteiger partial charge in [0, 0.05) is 7.05 Å². The van der Waals surface area contributed by atoms with Crippen LogP contribution in [0.1, 0.15) is 18.2 Å². The van der Waals surface area contributed by atoms with Crippen molar-refractivity contribution in [2.24, 2.45) is 7.05 Å². The van der Waals surface area contributed by atoms with E-state index in [-0.39, 0.29) is 6.61 Å². The van der Waals surface area contributed by atoms with E-state index in [0.717, 1.165) is 11.3 Å². The van der Waals surface area contributed by atoms with Gasteiger partial charge in [0.2, 0.25) is 0 Å². The van der Waals surface area contributed by atoms with Crippen molar-refractivity contribution in [2.45, 2.75) is 20.1 Å². The van der Waals surface area contributed by atoms with E-state index in [9.17, 15) is 0 Å². The third-order valence-corrected chi connectivity index (χ3v) is 2.52. The summed E-state index contributed by atoms with van der Waals surface area (Å²) in [5.41, 5.74) is 1.53. The van der Waals surface area contributed by atoms with E-state index in [2.05, 4.69) is 10.3 Å². The van der Waals surface area contributed by atoms with E-state index in [1.807, 2.05) is 6.92 Å². The highest BCUT2D eigenvalue weighted by Gasteiger charge is 2.07. The van der Waals surface area contributed by atoms with Crippen molar-refractivity contribution in [3.05, 3.63) is 35.7 Å². The Labute approximate surface area is 111 Å². The number of ether oxygens (including phenoxy) is 2. The number of aliphatic hydroxyl groups excluding tert-OH is 1. The van der Waals surface area contributed by atoms with Gasteiger partial charge in [-0.05, 0) is 24.6 Å². The number of aromatic nitrogens is 3. The van der Waals surface area contributed by atoms with E-state index in [0.29, 0.717) is 24.7 Å². The number of nitrogens with zero attached hydrogens (tertiary/aromatic N) is 3. The first-order valence-corrected chi connectivity index (χ1v) is 6.07. The Kier molecular flexibility index (Phi) is 4.35. The van der Waals surface area contributed by atoms with Crippen LogP contribution in [0.15, 0.2) is 24.4 Å². The van der Waals surface area contributed by atoms with Crippen molar-refractivity contribution in [1.82, 2.24) is 15.0 Å². The van der Waals surface area contributed by atoms with Crippen LogP contribution in [0.25, 0.3) is 0 Å². The van der Waals surface area contributed by atoms with Gasteiger partial charge in [0.05, 0.1) is 19.4 Å². The van der Waals surface area contributed by atoms with Crippen LogP contribution in [0.5, 0.6) is 11.5 Å². The summed E-state index contributed by atoms with van der Waals surface area (Å²) < 4.78 is 12.8. The summed E-state index contributed by atoms with van der Waals surface area (Å²) in [4.78, 5) is 0. The van der Waals surface area contributed by atoms with E-state index in [4.69, 9.17) is 14.6 Å². The lowest BCUT2D eigenvalue weighted by Crippen LogP contribution is -2.01. The Morgan fingerprint density at radius 2 is 2.11 bits per heavy atom. The minimum atomic E-state index is -0.0233. The SMILES string of the molecule is CCOc1cc(CO)ccc1OCc1cn(C)nn1. The molecule has 0 aliphatic carbocycles. The van der Waals surface area contributed by atoms with Crippen LogP contribution in [0, 0.1) is 0 Å². The Morgan fingerprint density at radius 1 is 1.26 bits per heavy atom.